The Labute approximate surface area is 223 Å². The van der Waals surface area contributed by atoms with Crippen LogP contribution in [0.3, 0.4) is 0 Å². The normalized spacial score (nSPS) is 13.4. The van der Waals surface area contributed by atoms with Gasteiger partial charge in [-0.1, -0.05) is 66.7 Å². The standard InChI is InChI=1S/C32H30N4O2/c1-23(28-12-7-13-30(20-28)33-31(37)26-9-3-2-4-10-26)34-35-32(38)27-16-14-24(15-17-27)21-36-19-18-25-8-5-6-11-29(25)22-36/h2-17,20H,18-19,21-22H2,1H3,(H,33,37)(H,35,38)/b34-23+. The van der Waals surface area contributed by atoms with Gasteiger partial charge in [-0.15, -0.1) is 0 Å². The molecule has 2 amide bonds. The third-order valence-electron chi connectivity index (χ3n) is 6.73. The summed E-state index contributed by atoms with van der Waals surface area (Å²) < 4.78 is 0. The molecule has 0 fully saturated rings. The third kappa shape index (κ3) is 6.22. The second-order valence-corrected chi connectivity index (χ2v) is 9.47. The van der Waals surface area contributed by atoms with Crippen LogP contribution in [0.15, 0.2) is 108 Å². The summed E-state index contributed by atoms with van der Waals surface area (Å²) in [6.07, 6.45) is 1.07. The van der Waals surface area contributed by atoms with E-state index in [0.29, 0.717) is 22.5 Å². The van der Waals surface area contributed by atoms with E-state index in [1.165, 1.54) is 16.7 Å². The summed E-state index contributed by atoms with van der Waals surface area (Å²) in [4.78, 5) is 27.6. The van der Waals surface area contributed by atoms with Gasteiger partial charge in [0.1, 0.15) is 0 Å². The maximum Gasteiger partial charge on any atom is 0.271 e. The van der Waals surface area contributed by atoms with Crippen LogP contribution in [0, 0.1) is 0 Å². The van der Waals surface area contributed by atoms with Crippen molar-refractivity contribution in [3.05, 3.63) is 137 Å². The lowest BCUT2D eigenvalue weighted by Crippen LogP contribution is -2.30. The second kappa shape index (κ2) is 11.7. The van der Waals surface area contributed by atoms with Crippen molar-refractivity contribution in [2.24, 2.45) is 5.10 Å². The lowest BCUT2D eigenvalue weighted by Gasteiger charge is -2.28. The molecule has 0 saturated heterocycles. The molecule has 38 heavy (non-hydrogen) atoms. The van der Waals surface area contributed by atoms with Gasteiger partial charge in [0.2, 0.25) is 0 Å². The predicted octanol–water partition coefficient (Wildman–Crippen LogP) is 5.65. The molecule has 0 saturated carbocycles. The fraction of sp³-hybridized carbons (Fsp3) is 0.156. The summed E-state index contributed by atoms with van der Waals surface area (Å²) in [5.41, 5.74) is 9.89. The van der Waals surface area contributed by atoms with E-state index in [-0.39, 0.29) is 11.8 Å². The van der Waals surface area contributed by atoms with Gasteiger partial charge in [-0.2, -0.15) is 5.10 Å². The van der Waals surface area contributed by atoms with Crippen LogP contribution in [0.25, 0.3) is 0 Å². The molecule has 4 aromatic carbocycles. The van der Waals surface area contributed by atoms with Crippen molar-refractivity contribution in [3.63, 3.8) is 0 Å². The Hall–Kier alpha value is -4.55. The van der Waals surface area contributed by atoms with E-state index >= 15 is 0 Å². The first kappa shape index (κ1) is 25.1. The number of hydrazone groups is 1. The molecule has 0 bridgehead atoms. The summed E-state index contributed by atoms with van der Waals surface area (Å²) in [6, 6.07) is 32.7. The van der Waals surface area contributed by atoms with E-state index < -0.39 is 0 Å². The largest absolute Gasteiger partial charge is 0.322 e. The third-order valence-corrected chi connectivity index (χ3v) is 6.73. The molecule has 0 atom stereocenters. The predicted molar refractivity (Wildman–Crippen MR) is 151 cm³/mol. The number of nitrogens with one attached hydrogen (secondary N) is 2. The first-order valence-corrected chi connectivity index (χ1v) is 12.7. The van der Waals surface area contributed by atoms with Crippen LogP contribution in [0.4, 0.5) is 5.69 Å². The summed E-state index contributed by atoms with van der Waals surface area (Å²) >= 11 is 0. The topological polar surface area (TPSA) is 73.8 Å². The zero-order valence-electron chi connectivity index (χ0n) is 21.4. The van der Waals surface area contributed by atoms with Crippen molar-refractivity contribution in [1.29, 1.82) is 0 Å². The van der Waals surface area contributed by atoms with Crippen LogP contribution in [0.2, 0.25) is 0 Å². The Morgan fingerprint density at radius 1 is 0.763 bits per heavy atom. The van der Waals surface area contributed by atoms with E-state index in [2.05, 4.69) is 45.0 Å². The van der Waals surface area contributed by atoms with Crippen molar-refractivity contribution >= 4 is 23.2 Å². The quantitative estimate of drug-likeness (QED) is 0.253. The van der Waals surface area contributed by atoms with Gasteiger partial charge in [0.15, 0.2) is 0 Å². The van der Waals surface area contributed by atoms with E-state index in [1.807, 2.05) is 73.7 Å². The fourth-order valence-corrected chi connectivity index (χ4v) is 4.59. The zero-order valence-corrected chi connectivity index (χ0v) is 21.4. The Balaban J connectivity index is 1.17. The van der Waals surface area contributed by atoms with Gasteiger partial charge in [-0.25, -0.2) is 5.43 Å². The summed E-state index contributed by atoms with van der Waals surface area (Å²) in [5.74, 6) is -0.449. The number of hydrogen-bond acceptors (Lipinski definition) is 4. The number of carbonyl (C=O) groups is 2. The number of nitrogens with zero attached hydrogens (tertiary/aromatic N) is 2. The molecule has 0 aromatic heterocycles. The number of carbonyl (C=O) groups excluding carboxylic acids is 2. The number of fused-ring (bicyclic) bond motifs is 1. The highest BCUT2D eigenvalue weighted by molar-refractivity contribution is 6.06. The van der Waals surface area contributed by atoms with Crippen LogP contribution in [0.1, 0.15) is 49.9 Å². The van der Waals surface area contributed by atoms with Gasteiger partial charge in [0.25, 0.3) is 11.8 Å². The van der Waals surface area contributed by atoms with Crippen LogP contribution >= 0.6 is 0 Å². The number of benzene rings is 4. The number of hydrogen-bond donors (Lipinski definition) is 2. The molecule has 5 rings (SSSR count). The van der Waals surface area contributed by atoms with Gasteiger partial charge < -0.3 is 5.32 Å². The molecule has 0 unspecified atom stereocenters. The molecule has 6 nitrogen and oxygen atoms in total. The molecule has 4 aromatic rings. The monoisotopic (exact) mass is 502 g/mol. The SMILES string of the molecule is C/C(=N\NC(=O)c1ccc(CN2CCc3ccccc3C2)cc1)c1cccc(NC(=O)c2ccccc2)c1. The minimum atomic E-state index is -0.267. The van der Waals surface area contributed by atoms with Crippen LogP contribution in [0.5, 0.6) is 0 Å². The highest BCUT2D eigenvalue weighted by atomic mass is 16.2. The second-order valence-electron chi connectivity index (χ2n) is 9.47. The molecule has 0 spiro atoms. The smallest absolute Gasteiger partial charge is 0.271 e. The van der Waals surface area contributed by atoms with Crippen molar-refractivity contribution in [2.45, 2.75) is 26.4 Å². The van der Waals surface area contributed by atoms with Crippen LogP contribution < -0.4 is 10.7 Å². The van der Waals surface area contributed by atoms with Gasteiger partial charge in [-0.3, -0.25) is 14.5 Å². The number of anilines is 1. The van der Waals surface area contributed by atoms with Crippen molar-refractivity contribution in [1.82, 2.24) is 10.3 Å². The molecule has 2 N–H and O–H groups in total. The molecule has 0 aliphatic carbocycles. The minimum absolute atomic E-state index is 0.181. The van der Waals surface area contributed by atoms with Gasteiger partial charge in [-0.05, 0) is 72.0 Å². The van der Waals surface area contributed by atoms with Crippen LogP contribution in [-0.2, 0) is 19.5 Å². The molecule has 0 radical (unpaired) electrons. The molecule has 190 valence electrons. The summed E-state index contributed by atoms with van der Waals surface area (Å²) in [5, 5.41) is 7.18. The molecule has 1 heterocycles. The molecule has 1 aliphatic rings. The average Bonchev–Trinajstić information content (AvgIpc) is 2.96. The first-order chi connectivity index (χ1) is 18.5. The van der Waals surface area contributed by atoms with Gasteiger partial charge in [0.05, 0.1) is 5.71 Å². The maximum atomic E-state index is 12.7. The van der Waals surface area contributed by atoms with Crippen molar-refractivity contribution < 1.29 is 9.59 Å². The van der Waals surface area contributed by atoms with Gasteiger partial charge in [0, 0.05) is 36.4 Å². The Kier molecular flexibility index (Phi) is 7.71. The van der Waals surface area contributed by atoms with E-state index in [0.717, 1.165) is 31.6 Å². The van der Waals surface area contributed by atoms with E-state index in [4.69, 9.17) is 0 Å². The van der Waals surface area contributed by atoms with Crippen molar-refractivity contribution in [2.75, 3.05) is 11.9 Å². The average molecular weight is 503 g/mol. The Morgan fingerprint density at radius 3 is 2.24 bits per heavy atom. The first-order valence-electron chi connectivity index (χ1n) is 12.7. The lowest BCUT2D eigenvalue weighted by atomic mass is 9.99. The molecular weight excluding hydrogens is 472 g/mol. The Bertz CT molecular complexity index is 1460. The maximum absolute atomic E-state index is 12.7. The molecule has 1 aliphatic heterocycles. The van der Waals surface area contributed by atoms with Crippen molar-refractivity contribution in [3.8, 4) is 0 Å². The molecular formula is C32H30N4O2. The zero-order chi connectivity index (χ0) is 26.3. The van der Waals surface area contributed by atoms with Crippen LogP contribution in [-0.4, -0.2) is 29.0 Å². The summed E-state index contributed by atoms with van der Waals surface area (Å²) in [7, 11) is 0. The summed E-state index contributed by atoms with van der Waals surface area (Å²) in [6.45, 7) is 4.65. The van der Waals surface area contributed by atoms with Gasteiger partial charge >= 0.3 is 0 Å². The highest BCUT2D eigenvalue weighted by Gasteiger charge is 2.16. The number of amides is 2. The lowest BCUT2D eigenvalue weighted by molar-refractivity contribution is 0.0954. The number of rotatable bonds is 7. The Morgan fingerprint density at radius 2 is 1.45 bits per heavy atom. The fourth-order valence-electron chi connectivity index (χ4n) is 4.59. The van der Waals surface area contributed by atoms with E-state index in [9.17, 15) is 9.59 Å². The highest BCUT2D eigenvalue weighted by Crippen LogP contribution is 2.20. The molecule has 6 heteroatoms. The van der Waals surface area contributed by atoms with E-state index in [1.54, 1.807) is 12.1 Å². The minimum Gasteiger partial charge on any atom is -0.322 e.